The summed E-state index contributed by atoms with van der Waals surface area (Å²) in [6.07, 6.45) is 5.82. The molecular formula is C9H14O3. The summed E-state index contributed by atoms with van der Waals surface area (Å²) in [4.78, 5) is 20.6. The molecule has 0 radical (unpaired) electrons. The fourth-order valence-corrected chi connectivity index (χ4v) is 0.749. The summed E-state index contributed by atoms with van der Waals surface area (Å²) in [7, 11) is 0. The molecule has 0 aliphatic heterocycles. The maximum absolute atomic E-state index is 10.8. The van der Waals surface area contributed by atoms with Crippen LogP contribution in [0, 0.1) is 0 Å². The molecule has 0 saturated carbocycles. The average Bonchev–Trinajstić information content (AvgIpc) is 2.05. The van der Waals surface area contributed by atoms with Crippen LogP contribution >= 0.6 is 0 Å². The van der Waals surface area contributed by atoms with Gasteiger partial charge in [-0.1, -0.05) is 6.08 Å². The lowest BCUT2D eigenvalue weighted by atomic mass is 10.2. The van der Waals surface area contributed by atoms with E-state index >= 15 is 0 Å². The Bertz CT molecular complexity index is 161. The minimum Gasteiger partial charge on any atom is -0.466 e. The molecule has 0 atom stereocenters. The van der Waals surface area contributed by atoms with Crippen molar-refractivity contribution in [3.8, 4) is 0 Å². The summed E-state index contributed by atoms with van der Waals surface area (Å²) >= 11 is 0. The van der Waals surface area contributed by atoms with Crippen molar-refractivity contribution in [3.05, 3.63) is 12.2 Å². The molecule has 0 rings (SSSR count). The van der Waals surface area contributed by atoms with Gasteiger partial charge in [0.15, 0.2) is 0 Å². The van der Waals surface area contributed by atoms with Crippen LogP contribution in [0.25, 0.3) is 0 Å². The van der Waals surface area contributed by atoms with E-state index < -0.39 is 0 Å². The third kappa shape index (κ3) is 6.99. The summed E-state index contributed by atoms with van der Waals surface area (Å²) in [5.41, 5.74) is 0. The van der Waals surface area contributed by atoms with E-state index in [0.717, 1.165) is 19.1 Å². The number of aldehydes is 1. The summed E-state index contributed by atoms with van der Waals surface area (Å²) in [5.74, 6) is -0.169. The number of esters is 1. The van der Waals surface area contributed by atoms with Crippen LogP contribution in [0.2, 0.25) is 0 Å². The fraction of sp³-hybridized carbons (Fsp3) is 0.556. The molecule has 0 fully saturated rings. The van der Waals surface area contributed by atoms with Crippen LogP contribution < -0.4 is 0 Å². The average molecular weight is 170 g/mol. The first-order valence-electron chi connectivity index (χ1n) is 4.07. The molecule has 68 valence electrons. The van der Waals surface area contributed by atoms with Gasteiger partial charge < -0.3 is 4.74 Å². The highest BCUT2D eigenvalue weighted by atomic mass is 16.5. The maximum Gasteiger partial charge on any atom is 0.305 e. The Morgan fingerprint density at radius 1 is 1.50 bits per heavy atom. The zero-order valence-electron chi connectivity index (χ0n) is 7.29. The molecule has 0 N–H and O–H groups in total. The lowest BCUT2D eigenvalue weighted by molar-refractivity contribution is -0.143. The number of unbranched alkanes of at least 4 members (excludes halogenated alkanes) is 1. The SMILES string of the molecule is CCOC(=O)CCC/C=C/C=O. The van der Waals surface area contributed by atoms with Crippen molar-refractivity contribution in [2.75, 3.05) is 6.61 Å². The van der Waals surface area contributed by atoms with Crippen molar-refractivity contribution < 1.29 is 14.3 Å². The zero-order valence-corrected chi connectivity index (χ0v) is 7.29. The first-order valence-corrected chi connectivity index (χ1v) is 4.07. The normalized spacial score (nSPS) is 10.1. The molecule has 0 amide bonds. The lowest BCUT2D eigenvalue weighted by Crippen LogP contribution is -2.02. The molecule has 0 saturated heterocycles. The van der Waals surface area contributed by atoms with Crippen molar-refractivity contribution >= 4 is 12.3 Å². The van der Waals surface area contributed by atoms with Crippen molar-refractivity contribution in [2.45, 2.75) is 26.2 Å². The third-order valence-electron chi connectivity index (χ3n) is 1.27. The molecule has 0 unspecified atom stereocenters. The van der Waals surface area contributed by atoms with Crippen LogP contribution in [-0.4, -0.2) is 18.9 Å². The second kappa shape index (κ2) is 7.98. The Morgan fingerprint density at radius 2 is 2.25 bits per heavy atom. The van der Waals surface area contributed by atoms with E-state index in [9.17, 15) is 9.59 Å². The smallest absolute Gasteiger partial charge is 0.305 e. The summed E-state index contributed by atoms with van der Waals surface area (Å²) in [6.45, 7) is 2.22. The first kappa shape index (κ1) is 10.9. The second-order valence-corrected chi connectivity index (χ2v) is 2.26. The molecule has 0 bridgehead atoms. The number of carbonyl (C=O) groups excluding carboxylic acids is 2. The van der Waals surface area contributed by atoms with Crippen LogP contribution in [0.4, 0.5) is 0 Å². The Hall–Kier alpha value is -1.12. The van der Waals surface area contributed by atoms with E-state index in [-0.39, 0.29) is 5.97 Å². The van der Waals surface area contributed by atoms with Gasteiger partial charge in [-0.25, -0.2) is 0 Å². The quantitative estimate of drug-likeness (QED) is 0.262. The number of hydrogen-bond donors (Lipinski definition) is 0. The van der Waals surface area contributed by atoms with Crippen LogP contribution in [0.3, 0.4) is 0 Å². The van der Waals surface area contributed by atoms with Crippen LogP contribution in [0.5, 0.6) is 0 Å². The molecular weight excluding hydrogens is 156 g/mol. The molecule has 3 heteroatoms. The molecule has 0 aromatic rings. The summed E-state index contributed by atoms with van der Waals surface area (Å²) in [5, 5.41) is 0. The van der Waals surface area contributed by atoms with E-state index in [1.54, 1.807) is 13.0 Å². The number of ether oxygens (including phenoxy) is 1. The molecule has 3 nitrogen and oxygen atoms in total. The molecule has 0 spiro atoms. The minimum absolute atomic E-state index is 0.169. The topological polar surface area (TPSA) is 43.4 Å². The van der Waals surface area contributed by atoms with Gasteiger partial charge in [-0.3, -0.25) is 9.59 Å². The van der Waals surface area contributed by atoms with Crippen molar-refractivity contribution in [3.63, 3.8) is 0 Å². The van der Waals surface area contributed by atoms with Gasteiger partial charge in [-0.15, -0.1) is 0 Å². The van der Waals surface area contributed by atoms with E-state index in [4.69, 9.17) is 4.74 Å². The molecule has 0 aliphatic rings. The molecule has 12 heavy (non-hydrogen) atoms. The van der Waals surface area contributed by atoms with Crippen LogP contribution in [0.15, 0.2) is 12.2 Å². The van der Waals surface area contributed by atoms with Gasteiger partial charge in [-0.05, 0) is 25.8 Å². The minimum atomic E-state index is -0.169. The highest BCUT2D eigenvalue weighted by molar-refractivity contribution is 5.69. The number of hydrogen-bond acceptors (Lipinski definition) is 3. The standard InChI is InChI=1S/C9H14O3/c1-2-12-9(11)7-5-3-4-6-8-10/h4,6,8H,2-3,5,7H2,1H3/b6-4+. The molecule has 0 aromatic heterocycles. The third-order valence-corrected chi connectivity index (χ3v) is 1.27. The Kier molecular flexibility index (Phi) is 7.24. The van der Waals surface area contributed by atoms with E-state index in [1.165, 1.54) is 6.08 Å². The predicted molar refractivity (Wildman–Crippen MR) is 45.7 cm³/mol. The first-order chi connectivity index (χ1) is 5.81. The Morgan fingerprint density at radius 3 is 2.83 bits per heavy atom. The monoisotopic (exact) mass is 170 g/mol. The summed E-state index contributed by atoms with van der Waals surface area (Å²) < 4.78 is 4.72. The van der Waals surface area contributed by atoms with Crippen molar-refractivity contribution in [2.24, 2.45) is 0 Å². The Balaban J connectivity index is 3.24. The highest BCUT2D eigenvalue weighted by Crippen LogP contribution is 1.98. The van der Waals surface area contributed by atoms with Gasteiger partial charge in [0.25, 0.3) is 0 Å². The van der Waals surface area contributed by atoms with Crippen molar-refractivity contribution in [1.29, 1.82) is 0 Å². The highest BCUT2D eigenvalue weighted by Gasteiger charge is 1.98. The number of rotatable bonds is 6. The molecule has 0 heterocycles. The zero-order chi connectivity index (χ0) is 9.23. The molecule has 0 aromatic carbocycles. The summed E-state index contributed by atoms with van der Waals surface area (Å²) in [6, 6.07) is 0. The fourth-order valence-electron chi connectivity index (χ4n) is 0.749. The van der Waals surface area contributed by atoms with Gasteiger partial charge in [-0.2, -0.15) is 0 Å². The Labute approximate surface area is 72.4 Å². The van der Waals surface area contributed by atoms with Gasteiger partial charge >= 0.3 is 5.97 Å². The predicted octanol–water partition coefficient (Wildman–Crippen LogP) is 1.47. The maximum atomic E-state index is 10.8. The van der Waals surface area contributed by atoms with Gasteiger partial charge in [0.1, 0.15) is 6.29 Å². The number of carbonyl (C=O) groups is 2. The van der Waals surface area contributed by atoms with E-state index in [0.29, 0.717) is 13.0 Å². The van der Waals surface area contributed by atoms with Gasteiger partial charge in [0.2, 0.25) is 0 Å². The van der Waals surface area contributed by atoms with Gasteiger partial charge in [0.05, 0.1) is 6.61 Å². The van der Waals surface area contributed by atoms with Crippen LogP contribution in [0.1, 0.15) is 26.2 Å². The van der Waals surface area contributed by atoms with Crippen molar-refractivity contribution in [1.82, 2.24) is 0 Å². The lowest BCUT2D eigenvalue weighted by Gasteiger charge is -1.98. The number of allylic oxidation sites excluding steroid dienone is 2. The van der Waals surface area contributed by atoms with E-state index in [2.05, 4.69) is 0 Å². The van der Waals surface area contributed by atoms with Crippen LogP contribution in [-0.2, 0) is 14.3 Å². The molecule has 0 aliphatic carbocycles. The van der Waals surface area contributed by atoms with Gasteiger partial charge in [0, 0.05) is 6.42 Å². The second-order valence-electron chi connectivity index (χ2n) is 2.26. The van der Waals surface area contributed by atoms with E-state index in [1.807, 2.05) is 0 Å². The largest absolute Gasteiger partial charge is 0.466 e.